The summed E-state index contributed by atoms with van der Waals surface area (Å²) in [7, 11) is -0.988. The fraction of sp³-hybridized carbons (Fsp3) is 0.174. The van der Waals surface area contributed by atoms with Crippen molar-refractivity contribution in [2.45, 2.75) is 11.4 Å². The molecule has 0 bridgehead atoms. The lowest BCUT2D eigenvalue weighted by atomic mass is 10.2. The number of nitrogens with one attached hydrogen (secondary N) is 1. The molecule has 1 N–H and O–H groups in total. The summed E-state index contributed by atoms with van der Waals surface area (Å²) in [5.41, 5.74) is 1.20. The number of nitrogens with zero attached hydrogens (tertiary/aromatic N) is 1. The smallest absolute Gasteiger partial charge is 0.243 e. The van der Waals surface area contributed by atoms with E-state index < -0.39 is 22.5 Å². The minimum Gasteiger partial charge on any atom is -0.493 e. The highest BCUT2D eigenvalue weighted by molar-refractivity contribution is 7.89. The highest BCUT2D eigenvalue weighted by Gasteiger charge is 2.27. The van der Waals surface area contributed by atoms with E-state index in [0.29, 0.717) is 22.2 Å². The van der Waals surface area contributed by atoms with Crippen molar-refractivity contribution in [1.82, 2.24) is 4.31 Å². The summed E-state index contributed by atoms with van der Waals surface area (Å²) in [6.07, 6.45) is 0. The summed E-state index contributed by atoms with van der Waals surface area (Å²) in [5, 5.41) is 3.00. The van der Waals surface area contributed by atoms with E-state index >= 15 is 0 Å². The van der Waals surface area contributed by atoms with E-state index in [0.717, 1.165) is 9.87 Å². The summed E-state index contributed by atoms with van der Waals surface area (Å²) in [4.78, 5) is 12.8. The lowest BCUT2D eigenvalue weighted by Gasteiger charge is -2.22. The fourth-order valence-corrected chi connectivity index (χ4v) is 4.75. The van der Waals surface area contributed by atoms with Crippen LogP contribution in [0.2, 0.25) is 5.02 Å². The second kappa shape index (κ2) is 10.5. The Kier molecular flexibility index (Phi) is 7.74. The van der Waals surface area contributed by atoms with Crippen molar-refractivity contribution in [3.05, 3.63) is 83.4 Å². The molecule has 168 valence electrons. The van der Waals surface area contributed by atoms with E-state index in [1.54, 1.807) is 42.5 Å². The molecule has 0 saturated carbocycles. The molecule has 0 aliphatic heterocycles. The van der Waals surface area contributed by atoms with Gasteiger partial charge < -0.3 is 14.8 Å². The number of anilines is 1. The molecule has 3 aromatic carbocycles. The molecular formula is C23H23ClN2O5S. The molecule has 1 amide bonds. The standard InChI is InChI=1S/C23H23ClN2O5S/c1-30-21-12-11-19(14-22(21)31-2)25-23(27)16-26(15-17-7-4-3-5-8-17)32(28,29)20-10-6-9-18(24)13-20/h3-14H,15-16H2,1-2H3,(H,25,27). The van der Waals surface area contributed by atoms with Crippen molar-refractivity contribution in [1.29, 1.82) is 0 Å². The van der Waals surface area contributed by atoms with Crippen LogP contribution in [0.15, 0.2) is 77.7 Å². The van der Waals surface area contributed by atoms with Crippen LogP contribution in [-0.4, -0.2) is 39.4 Å². The van der Waals surface area contributed by atoms with Crippen LogP contribution in [0.4, 0.5) is 5.69 Å². The Labute approximate surface area is 192 Å². The number of carbonyl (C=O) groups is 1. The summed E-state index contributed by atoms with van der Waals surface area (Å²) in [5.74, 6) is 0.455. The van der Waals surface area contributed by atoms with Crippen LogP contribution in [0, 0.1) is 0 Å². The van der Waals surface area contributed by atoms with Crippen LogP contribution in [-0.2, 0) is 21.4 Å². The molecule has 0 unspecified atom stereocenters. The highest BCUT2D eigenvalue weighted by atomic mass is 35.5. The van der Waals surface area contributed by atoms with Crippen LogP contribution in [0.3, 0.4) is 0 Å². The van der Waals surface area contributed by atoms with Gasteiger partial charge in [0.05, 0.1) is 25.7 Å². The molecule has 0 fully saturated rings. The van der Waals surface area contributed by atoms with Gasteiger partial charge in [-0.25, -0.2) is 8.42 Å². The van der Waals surface area contributed by atoms with Crippen LogP contribution in [0.1, 0.15) is 5.56 Å². The summed E-state index contributed by atoms with van der Waals surface area (Å²) in [6, 6.07) is 19.9. The van der Waals surface area contributed by atoms with Crippen LogP contribution < -0.4 is 14.8 Å². The average molecular weight is 475 g/mol. The van der Waals surface area contributed by atoms with Gasteiger partial charge in [-0.3, -0.25) is 4.79 Å². The molecule has 0 radical (unpaired) electrons. The molecule has 0 atom stereocenters. The Morgan fingerprint density at radius 3 is 2.31 bits per heavy atom. The van der Waals surface area contributed by atoms with E-state index in [-0.39, 0.29) is 11.4 Å². The molecular weight excluding hydrogens is 452 g/mol. The molecule has 0 heterocycles. The number of benzene rings is 3. The number of hydrogen-bond donors (Lipinski definition) is 1. The molecule has 0 saturated heterocycles. The second-order valence-electron chi connectivity index (χ2n) is 6.83. The SMILES string of the molecule is COc1ccc(NC(=O)CN(Cc2ccccc2)S(=O)(=O)c2cccc(Cl)c2)cc1OC. The average Bonchev–Trinajstić information content (AvgIpc) is 2.79. The zero-order chi connectivity index (χ0) is 23.1. The summed E-state index contributed by atoms with van der Waals surface area (Å²) < 4.78 is 38.2. The molecule has 0 aromatic heterocycles. The normalized spacial score (nSPS) is 11.2. The quantitative estimate of drug-likeness (QED) is 0.502. The number of hydrogen-bond acceptors (Lipinski definition) is 5. The number of rotatable bonds is 9. The molecule has 32 heavy (non-hydrogen) atoms. The van der Waals surface area contributed by atoms with E-state index in [4.69, 9.17) is 21.1 Å². The number of halogens is 1. The van der Waals surface area contributed by atoms with E-state index in [1.807, 2.05) is 18.2 Å². The van der Waals surface area contributed by atoms with Gasteiger partial charge in [0, 0.05) is 23.3 Å². The van der Waals surface area contributed by atoms with Gasteiger partial charge in [-0.1, -0.05) is 48.0 Å². The molecule has 0 aliphatic rings. The maximum atomic E-state index is 13.3. The maximum absolute atomic E-state index is 13.3. The van der Waals surface area contributed by atoms with Gasteiger partial charge >= 0.3 is 0 Å². The number of amides is 1. The number of sulfonamides is 1. The minimum atomic E-state index is -3.99. The highest BCUT2D eigenvalue weighted by Crippen LogP contribution is 2.30. The largest absolute Gasteiger partial charge is 0.493 e. The number of methoxy groups -OCH3 is 2. The van der Waals surface area contributed by atoms with Gasteiger partial charge in [-0.15, -0.1) is 0 Å². The molecule has 0 aliphatic carbocycles. The number of ether oxygens (including phenoxy) is 2. The van der Waals surface area contributed by atoms with Gasteiger partial charge in [0.2, 0.25) is 15.9 Å². The molecule has 7 nitrogen and oxygen atoms in total. The lowest BCUT2D eigenvalue weighted by molar-refractivity contribution is -0.116. The first-order valence-electron chi connectivity index (χ1n) is 9.65. The Morgan fingerprint density at radius 1 is 0.938 bits per heavy atom. The van der Waals surface area contributed by atoms with Crippen molar-refractivity contribution >= 4 is 33.2 Å². The van der Waals surface area contributed by atoms with Crippen LogP contribution in [0.25, 0.3) is 0 Å². The Balaban J connectivity index is 1.86. The van der Waals surface area contributed by atoms with Gasteiger partial charge in [0.15, 0.2) is 11.5 Å². The maximum Gasteiger partial charge on any atom is 0.243 e. The molecule has 0 spiro atoms. The van der Waals surface area contributed by atoms with Gasteiger partial charge in [-0.05, 0) is 35.9 Å². The van der Waals surface area contributed by atoms with Gasteiger partial charge in [0.1, 0.15) is 0 Å². The van der Waals surface area contributed by atoms with Crippen molar-refractivity contribution in [2.75, 3.05) is 26.1 Å². The van der Waals surface area contributed by atoms with E-state index in [1.165, 1.54) is 26.4 Å². The zero-order valence-corrected chi connectivity index (χ0v) is 19.2. The van der Waals surface area contributed by atoms with Gasteiger partial charge in [-0.2, -0.15) is 4.31 Å². The number of carbonyl (C=O) groups excluding carboxylic acids is 1. The fourth-order valence-electron chi connectivity index (χ4n) is 3.06. The minimum absolute atomic E-state index is 0.0137. The Hall–Kier alpha value is -3.07. The summed E-state index contributed by atoms with van der Waals surface area (Å²) in [6.45, 7) is -0.368. The van der Waals surface area contributed by atoms with Crippen LogP contribution in [0.5, 0.6) is 11.5 Å². The third kappa shape index (κ3) is 5.79. The molecule has 9 heteroatoms. The van der Waals surface area contributed by atoms with Gasteiger partial charge in [0.25, 0.3) is 0 Å². The third-order valence-corrected chi connectivity index (χ3v) is 6.65. The first-order chi connectivity index (χ1) is 15.3. The summed E-state index contributed by atoms with van der Waals surface area (Å²) >= 11 is 6.00. The van der Waals surface area contributed by atoms with Crippen molar-refractivity contribution in [2.24, 2.45) is 0 Å². The Bertz CT molecular complexity index is 1190. The predicted octanol–water partition coefficient (Wildman–Crippen LogP) is 4.19. The third-order valence-electron chi connectivity index (χ3n) is 4.62. The topological polar surface area (TPSA) is 84.9 Å². The predicted molar refractivity (Wildman–Crippen MR) is 124 cm³/mol. The van der Waals surface area contributed by atoms with Crippen molar-refractivity contribution in [3.63, 3.8) is 0 Å². The van der Waals surface area contributed by atoms with Crippen molar-refractivity contribution in [3.8, 4) is 11.5 Å². The zero-order valence-electron chi connectivity index (χ0n) is 17.6. The first-order valence-corrected chi connectivity index (χ1v) is 11.5. The first kappa shape index (κ1) is 23.6. The second-order valence-corrected chi connectivity index (χ2v) is 9.21. The Morgan fingerprint density at radius 2 is 1.66 bits per heavy atom. The lowest BCUT2D eigenvalue weighted by Crippen LogP contribution is -2.37. The monoisotopic (exact) mass is 474 g/mol. The van der Waals surface area contributed by atoms with E-state index in [9.17, 15) is 13.2 Å². The molecule has 3 aromatic rings. The van der Waals surface area contributed by atoms with Crippen molar-refractivity contribution < 1.29 is 22.7 Å². The molecule has 3 rings (SSSR count). The van der Waals surface area contributed by atoms with E-state index in [2.05, 4.69) is 5.32 Å². The van der Waals surface area contributed by atoms with Crippen LogP contribution >= 0.6 is 11.6 Å².